The molecule has 0 unspecified atom stereocenters. The lowest BCUT2D eigenvalue weighted by Gasteiger charge is -2.19. The SMILES string of the molecule is OCCN1Cc2ccc3ccccc3c2-c2c(ccc3ccccc23)C1. The lowest BCUT2D eigenvalue weighted by atomic mass is 9.88. The first-order valence-electron chi connectivity index (χ1n) is 9.20. The molecule has 26 heavy (non-hydrogen) atoms. The topological polar surface area (TPSA) is 23.5 Å². The molecule has 2 nitrogen and oxygen atoms in total. The predicted octanol–water partition coefficient (Wildman–Crippen LogP) is 4.97. The van der Waals surface area contributed by atoms with Crippen molar-refractivity contribution in [1.82, 2.24) is 4.90 Å². The predicted molar refractivity (Wildman–Crippen MR) is 108 cm³/mol. The molecule has 0 spiro atoms. The monoisotopic (exact) mass is 339 g/mol. The molecule has 0 radical (unpaired) electrons. The van der Waals surface area contributed by atoms with Crippen LogP contribution in [0.4, 0.5) is 0 Å². The Morgan fingerprint density at radius 1 is 0.654 bits per heavy atom. The summed E-state index contributed by atoms with van der Waals surface area (Å²) in [6.45, 7) is 2.61. The number of rotatable bonds is 2. The molecule has 0 amide bonds. The number of benzene rings is 4. The molecule has 0 aliphatic carbocycles. The van der Waals surface area contributed by atoms with Gasteiger partial charge in [-0.05, 0) is 43.8 Å². The van der Waals surface area contributed by atoms with Gasteiger partial charge in [-0.3, -0.25) is 4.90 Å². The van der Waals surface area contributed by atoms with Crippen molar-refractivity contribution in [3.63, 3.8) is 0 Å². The summed E-state index contributed by atoms with van der Waals surface area (Å²) in [5, 5.41) is 14.7. The first-order chi connectivity index (χ1) is 12.8. The fourth-order valence-electron chi connectivity index (χ4n) is 4.32. The molecule has 4 aromatic rings. The maximum atomic E-state index is 9.51. The van der Waals surface area contributed by atoms with E-state index in [1.54, 1.807) is 0 Å². The molecule has 1 N–H and O–H groups in total. The summed E-state index contributed by atoms with van der Waals surface area (Å²) in [5.74, 6) is 0. The Morgan fingerprint density at radius 3 is 1.65 bits per heavy atom. The van der Waals surface area contributed by atoms with Gasteiger partial charge in [0.2, 0.25) is 0 Å². The third-order valence-electron chi connectivity index (χ3n) is 5.48. The van der Waals surface area contributed by atoms with Crippen molar-refractivity contribution in [1.29, 1.82) is 0 Å². The number of hydrogen-bond acceptors (Lipinski definition) is 2. The van der Waals surface area contributed by atoms with Crippen LogP contribution in [0.1, 0.15) is 11.1 Å². The molecule has 1 heterocycles. The van der Waals surface area contributed by atoms with Crippen LogP contribution < -0.4 is 0 Å². The maximum Gasteiger partial charge on any atom is 0.0558 e. The standard InChI is InChI=1S/C24H21NO/c26-14-13-25-15-19-11-9-17-5-1-3-7-21(17)23(19)24-20(16-25)12-10-18-6-2-4-8-22(18)24/h1-12,26H,13-16H2. The molecule has 128 valence electrons. The number of aliphatic hydroxyl groups excluding tert-OH is 1. The van der Waals surface area contributed by atoms with Gasteiger partial charge in [-0.2, -0.15) is 0 Å². The summed E-state index contributed by atoms with van der Waals surface area (Å²) >= 11 is 0. The largest absolute Gasteiger partial charge is 0.395 e. The molecule has 0 saturated carbocycles. The van der Waals surface area contributed by atoms with Crippen molar-refractivity contribution in [2.24, 2.45) is 0 Å². The van der Waals surface area contributed by atoms with Gasteiger partial charge in [0.1, 0.15) is 0 Å². The summed E-state index contributed by atoms with van der Waals surface area (Å²) in [6.07, 6.45) is 0. The van der Waals surface area contributed by atoms with Crippen molar-refractivity contribution in [2.75, 3.05) is 13.2 Å². The molecule has 1 aliphatic heterocycles. The fraction of sp³-hybridized carbons (Fsp3) is 0.167. The summed E-state index contributed by atoms with van der Waals surface area (Å²) in [7, 11) is 0. The Bertz CT molecular complexity index is 1030. The van der Waals surface area contributed by atoms with E-state index < -0.39 is 0 Å². The van der Waals surface area contributed by atoms with Crippen molar-refractivity contribution in [3.8, 4) is 11.1 Å². The van der Waals surface area contributed by atoms with Gasteiger partial charge in [0, 0.05) is 19.6 Å². The van der Waals surface area contributed by atoms with Crippen molar-refractivity contribution in [2.45, 2.75) is 13.1 Å². The third-order valence-corrected chi connectivity index (χ3v) is 5.48. The van der Waals surface area contributed by atoms with Gasteiger partial charge < -0.3 is 5.11 Å². The normalized spacial score (nSPS) is 14.2. The number of nitrogens with zero attached hydrogens (tertiary/aromatic N) is 1. The van der Waals surface area contributed by atoms with Crippen LogP contribution in [-0.4, -0.2) is 23.2 Å². The van der Waals surface area contributed by atoms with Crippen molar-refractivity contribution < 1.29 is 5.11 Å². The average molecular weight is 339 g/mol. The smallest absolute Gasteiger partial charge is 0.0558 e. The highest BCUT2D eigenvalue weighted by atomic mass is 16.3. The highest BCUT2D eigenvalue weighted by Gasteiger charge is 2.22. The van der Waals surface area contributed by atoms with Gasteiger partial charge in [-0.25, -0.2) is 0 Å². The number of aliphatic hydroxyl groups is 1. The lowest BCUT2D eigenvalue weighted by Crippen LogP contribution is -2.25. The van der Waals surface area contributed by atoms with Gasteiger partial charge in [0.25, 0.3) is 0 Å². The number of fused-ring (bicyclic) bond motifs is 7. The van der Waals surface area contributed by atoms with E-state index in [1.165, 1.54) is 43.8 Å². The molecule has 0 aromatic heterocycles. The zero-order valence-electron chi connectivity index (χ0n) is 14.7. The Labute approximate surface area is 153 Å². The quantitative estimate of drug-likeness (QED) is 0.557. The molecule has 0 fully saturated rings. The van der Waals surface area contributed by atoms with E-state index in [9.17, 15) is 5.11 Å². The summed E-state index contributed by atoms with van der Waals surface area (Å²) < 4.78 is 0. The van der Waals surface area contributed by atoms with E-state index >= 15 is 0 Å². The highest BCUT2D eigenvalue weighted by molar-refractivity contribution is 6.08. The van der Waals surface area contributed by atoms with Crippen LogP contribution in [-0.2, 0) is 13.1 Å². The van der Waals surface area contributed by atoms with Crippen LogP contribution in [0.3, 0.4) is 0 Å². The van der Waals surface area contributed by atoms with E-state index in [2.05, 4.69) is 77.7 Å². The zero-order valence-corrected chi connectivity index (χ0v) is 14.7. The molecule has 0 saturated heterocycles. The maximum absolute atomic E-state index is 9.51. The van der Waals surface area contributed by atoms with Crippen LogP contribution in [0.5, 0.6) is 0 Å². The van der Waals surface area contributed by atoms with Gasteiger partial charge in [0.15, 0.2) is 0 Å². The first kappa shape index (κ1) is 15.6. The van der Waals surface area contributed by atoms with Crippen LogP contribution in [0, 0.1) is 0 Å². The zero-order chi connectivity index (χ0) is 17.5. The molecule has 0 atom stereocenters. The minimum absolute atomic E-state index is 0.186. The molecular formula is C24H21NO. The van der Waals surface area contributed by atoms with Crippen LogP contribution in [0.2, 0.25) is 0 Å². The summed E-state index contributed by atoms with van der Waals surface area (Å²) in [6, 6.07) is 26.3. The van der Waals surface area contributed by atoms with Crippen LogP contribution in [0.15, 0.2) is 72.8 Å². The third kappa shape index (κ3) is 2.42. The Morgan fingerprint density at radius 2 is 1.15 bits per heavy atom. The molecule has 5 rings (SSSR count). The summed E-state index contributed by atoms with van der Waals surface area (Å²) in [5.41, 5.74) is 5.39. The fourth-order valence-corrected chi connectivity index (χ4v) is 4.32. The van der Waals surface area contributed by atoms with Crippen LogP contribution in [0.25, 0.3) is 32.7 Å². The summed E-state index contributed by atoms with van der Waals surface area (Å²) in [4.78, 5) is 2.34. The second-order valence-corrected chi connectivity index (χ2v) is 7.08. The van der Waals surface area contributed by atoms with Gasteiger partial charge in [-0.15, -0.1) is 0 Å². The van der Waals surface area contributed by atoms with Crippen LogP contribution >= 0.6 is 0 Å². The van der Waals surface area contributed by atoms with Gasteiger partial charge >= 0.3 is 0 Å². The molecular weight excluding hydrogens is 318 g/mol. The van der Waals surface area contributed by atoms with E-state index in [1.807, 2.05) is 0 Å². The Balaban J connectivity index is 1.91. The number of hydrogen-bond donors (Lipinski definition) is 1. The van der Waals surface area contributed by atoms with Crippen molar-refractivity contribution >= 4 is 21.5 Å². The first-order valence-corrected chi connectivity index (χ1v) is 9.20. The second kappa shape index (κ2) is 6.24. The molecule has 2 heteroatoms. The Hall–Kier alpha value is -2.68. The second-order valence-electron chi connectivity index (χ2n) is 7.08. The van der Waals surface area contributed by atoms with E-state index in [-0.39, 0.29) is 6.61 Å². The van der Waals surface area contributed by atoms with E-state index in [0.717, 1.165) is 13.1 Å². The number of β-amino-alcohol motifs (C(OH)–C–C–N with tert-alkyl or cyclic N) is 1. The molecule has 1 aliphatic rings. The minimum atomic E-state index is 0.186. The molecule has 0 bridgehead atoms. The van der Waals surface area contributed by atoms with Gasteiger partial charge in [-0.1, -0.05) is 72.8 Å². The van der Waals surface area contributed by atoms with Crippen molar-refractivity contribution in [3.05, 3.63) is 83.9 Å². The Kier molecular flexibility index (Phi) is 3.74. The minimum Gasteiger partial charge on any atom is -0.395 e. The van der Waals surface area contributed by atoms with E-state index in [4.69, 9.17) is 0 Å². The van der Waals surface area contributed by atoms with Gasteiger partial charge in [0.05, 0.1) is 6.61 Å². The lowest BCUT2D eigenvalue weighted by molar-refractivity contribution is 0.186. The van der Waals surface area contributed by atoms with E-state index in [0.29, 0.717) is 6.54 Å². The molecule has 4 aromatic carbocycles. The highest BCUT2D eigenvalue weighted by Crippen LogP contribution is 2.41. The average Bonchev–Trinajstić information content (AvgIpc) is 2.84.